The van der Waals surface area contributed by atoms with Gasteiger partial charge in [-0.05, 0) is 19.9 Å². The number of anilines is 1. The number of amides is 1. The van der Waals surface area contributed by atoms with E-state index in [2.05, 4.69) is 5.32 Å². The number of carbonyl (C=O) groups is 3. The fourth-order valence-corrected chi connectivity index (χ4v) is 6.64. The molecule has 5 bridgehead atoms. The van der Waals surface area contributed by atoms with Crippen LogP contribution in [0.3, 0.4) is 0 Å². The number of ether oxygens (including phenoxy) is 4. The number of hydrogen-bond acceptors (Lipinski definition) is 12. The predicted molar refractivity (Wildman–Crippen MR) is 182 cm³/mol. The summed E-state index contributed by atoms with van der Waals surface area (Å²) in [6.07, 6.45) is 3.52. The maximum absolute atomic E-state index is 13.9. The predicted octanol–water partition coefficient (Wildman–Crippen LogP) is 1.13. The molecule has 2 aromatic carbocycles. The van der Waals surface area contributed by atoms with Crippen LogP contribution in [0.1, 0.15) is 64.4 Å². The van der Waals surface area contributed by atoms with Crippen LogP contribution in [0.5, 0.6) is 23.0 Å². The number of nitrogens with one attached hydrogen (secondary N) is 1. The monoisotopic (exact) mass is 719 g/mol. The third-order valence-electron chi connectivity index (χ3n) is 9.82. The van der Waals surface area contributed by atoms with Gasteiger partial charge in [0.2, 0.25) is 0 Å². The van der Waals surface area contributed by atoms with Crippen molar-refractivity contribution in [3.05, 3.63) is 53.3 Å². The zero-order chi connectivity index (χ0) is 37.4. The molecule has 0 radical (unpaired) electrons. The van der Waals surface area contributed by atoms with Crippen LogP contribution in [-0.2, 0) is 23.8 Å². The Kier molecular flexibility index (Phi) is 13.4. The Hall–Kier alpha value is -3.59. The van der Waals surface area contributed by atoms with Crippen molar-refractivity contribution in [1.82, 2.24) is 0 Å². The quantitative estimate of drug-likeness (QED) is 0.219. The Bertz CT molecular complexity index is 1770. The van der Waals surface area contributed by atoms with Crippen molar-refractivity contribution in [3.8, 4) is 23.0 Å². The van der Waals surface area contributed by atoms with E-state index in [4.69, 9.17) is 18.9 Å². The summed E-state index contributed by atoms with van der Waals surface area (Å²) < 4.78 is 23.1. The molecule has 0 aromatic heterocycles. The molecule has 2 aromatic rings. The Labute approximate surface area is 319 Å². The number of aliphatic hydroxyl groups is 2. The van der Waals surface area contributed by atoms with Crippen molar-refractivity contribution in [3.63, 3.8) is 0 Å². The SMILES string of the molecule is COC1C=COC2(C)Oc3c(C)c(O)c4c([O-])c(cc(O)c4c3C2=O)NC(=O)C(C)=CC=CC(C)C(O)C(C)C(O)C(C)C(OC(C)=O)C1C.[Na+]. The van der Waals surface area contributed by atoms with Gasteiger partial charge in [0.05, 0.1) is 30.1 Å². The van der Waals surface area contributed by atoms with Crippen LogP contribution in [0.4, 0.5) is 5.69 Å². The van der Waals surface area contributed by atoms with Gasteiger partial charge >= 0.3 is 41.3 Å². The van der Waals surface area contributed by atoms with Gasteiger partial charge in [0.15, 0.2) is 0 Å². The van der Waals surface area contributed by atoms with E-state index >= 15 is 0 Å². The number of Topliss-reactive ketones (excluding diaryl/α,β-unsaturated/α-hetero) is 1. The van der Waals surface area contributed by atoms with E-state index in [1.807, 2.05) is 0 Å². The molecule has 51 heavy (non-hydrogen) atoms. The Morgan fingerprint density at radius 1 is 1.00 bits per heavy atom. The Balaban J connectivity index is 0.00000702. The number of aliphatic hydroxyl groups excluding tert-OH is 2. The molecule has 272 valence electrons. The van der Waals surface area contributed by atoms with Crippen LogP contribution in [0.15, 0.2) is 42.2 Å². The normalized spacial score (nSPS) is 30.3. The number of methoxy groups -OCH3 is 1. The number of phenols is 2. The fourth-order valence-electron chi connectivity index (χ4n) is 6.64. The summed E-state index contributed by atoms with van der Waals surface area (Å²) in [7, 11) is 1.43. The number of aromatic hydroxyl groups is 2. The van der Waals surface area contributed by atoms with E-state index in [0.29, 0.717) is 0 Å². The number of hydrogen-bond donors (Lipinski definition) is 5. The second kappa shape index (κ2) is 16.4. The number of rotatable bonds is 2. The molecule has 5 rings (SSSR count). The molecule has 0 saturated carbocycles. The first-order chi connectivity index (χ1) is 23.4. The molecule has 3 heterocycles. The van der Waals surface area contributed by atoms with Crippen molar-refractivity contribution in [1.29, 1.82) is 0 Å². The number of phenolic OH excluding ortho intramolecular Hbond substituents is 2. The molecule has 3 aliphatic rings. The molecular weight excluding hydrogens is 673 g/mol. The molecule has 0 saturated heterocycles. The first-order valence-corrected chi connectivity index (χ1v) is 16.4. The van der Waals surface area contributed by atoms with Crippen LogP contribution in [-0.4, -0.2) is 75.4 Å². The number of allylic oxidation sites excluding steroid dienone is 2. The standard InChI is InChI=1S/C37H47NO12.Na/c1-16-11-10-12-17(2)36(46)38-23-15-24(40)26-27(32(23)44)31(43)21(6)34-28(26)35(45)37(8,50-34)48-14-13-25(47-9)18(3)33(49-22(7)39)20(5)30(42)19(4)29(16)41;/h10-16,18-20,25,29-30,33,40-44H,1-9H3,(H,38,46);/q;+1/p-1. The van der Waals surface area contributed by atoms with Crippen LogP contribution in [0.2, 0.25) is 0 Å². The van der Waals surface area contributed by atoms with Gasteiger partial charge in [0.25, 0.3) is 11.7 Å². The average molecular weight is 720 g/mol. The van der Waals surface area contributed by atoms with Crippen molar-refractivity contribution in [2.24, 2.45) is 23.7 Å². The van der Waals surface area contributed by atoms with E-state index < -0.39 is 88.8 Å². The second-order valence-corrected chi connectivity index (χ2v) is 13.4. The topological polar surface area (TPSA) is 204 Å². The maximum Gasteiger partial charge on any atom is 1.00 e. The molecule has 0 aliphatic carbocycles. The Morgan fingerprint density at radius 3 is 2.25 bits per heavy atom. The van der Waals surface area contributed by atoms with Gasteiger partial charge in [-0.15, -0.1) is 0 Å². The summed E-state index contributed by atoms with van der Waals surface area (Å²) in [4.78, 5) is 39.2. The van der Waals surface area contributed by atoms with Gasteiger partial charge in [0.1, 0.15) is 23.4 Å². The van der Waals surface area contributed by atoms with Crippen LogP contribution < -0.4 is 44.7 Å². The molecular formula is C37H46NNaO12. The minimum Gasteiger partial charge on any atom is -0.871 e. The average Bonchev–Trinajstić information content (AvgIpc) is 3.33. The summed E-state index contributed by atoms with van der Waals surface area (Å²) in [6.45, 7) is 12.4. The van der Waals surface area contributed by atoms with Crippen molar-refractivity contribution >= 4 is 34.1 Å². The summed E-state index contributed by atoms with van der Waals surface area (Å²) in [5, 5.41) is 60.2. The maximum atomic E-state index is 13.9. The fraction of sp³-hybridized carbons (Fsp3) is 0.486. The number of ketones is 1. The van der Waals surface area contributed by atoms with Crippen molar-refractivity contribution in [2.75, 3.05) is 12.4 Å². The van der Waals surface area contributed by atoms with E-state index in [0.717, 1.165) is 6.07 Å². The molecule has 9 atom stereocenters. The zero-order valence-electron chi connectivity index (χ0n) is 30.6. The molecule has 14 heteroatoms. The van der Waals surface area contributed by atoms with Gasteiger partial charge in [-0.2, -0.15) is 0 Å². The molecule has 1 amide bonds. The van der Waals surface area contributed by atoms with Crippen LogP contribution in [0, 0.1) is 30.6 Å². The molecule has 0 fully saturated rings. The minimum atomic E-state index is -2.00. The van der Waals surface area contributed by atoms with Gasteiger partial charge in [-0.3, -0.25) is 14.4 Å². The van der Waals surface area contributed by atoms with Gasteiger partial charge in [0, 0.05) is 78.3 Å². The smallest absolute Gasteiger partial charge is 0.871 e. The number of carbonyl (C=O) groups excluding carboxylic acids is 3. The Morgan fingerprint density at radius 2 is 1.65 bits per heavy atom. The molecule has 9 unspecified atom stereocenters. The van der Waals surface area contributed by atoms with E-state index in [9.17, 15) is 39.9 Å². The first kappa shape index (κ1) is 41.8. The first-order valence-electron chi connectivity index (χ1n) is 16.4. The number of benzene rings is 2. The summed E-state index contributed by atoms with van der Waals surface area (Å²) in [6, 6.07) is 0.999. The third kappa shape index (κ3) is 8.08. The van der Waals surface area contributed by atoms with Gasteiger partial charge in [-0.1, -0.05) is 51.7 Å². The minimum absolute atomic E-state index is 0. The summed E-state index contributed by atoms with van der Waals surface area (Å²) in [5.74, 6) is -8.49. The second-order valence-electron chi connectivity index (χ2n) is 13.4. The third-order valence-corrected chi connectivity index (χ3v) is 9.82. The molecule has 5 N–H and O–H groups in total. The van der Waals surface area contributed by atoms with E-state index in [-0.39, 0.29) is 68.5 Å². The molecule has 3 aliphatic heterocycles. The van der Waals surface area contributed by atoms with Gasteiger partial charge in [-0.25, -0.2) is 0 Å². The summed E-state index contributed by atoms with van der Waals surface area (Å²) >= 11 is 0. The summed E-state index contributed by atoms with van der Waals surface area (Å²) in [5.41, 5.74) is -0.312. The number of esters is 1. The van der Waals surface area contributed by atoms with E-state index in [1.165, 1.54) is 53.2 Å². The van der Waals surface area contributed by atoms with Crippen molar-refractivity contribution in [2.45, 2.75) is 85.6 Å². The van der Waals surface area contributed by atoms with Crippen LogP contribution >= 0.6 is 0 Å². The van der Waals surface area contributed by atoms with E-state index in [1.54, 1.807) is 39.8 Å². The number of fused-ring (bicyclic) bond motifs is 14. The largest absolute Gasteiger partial charge is 1.00 e. The molecule has 13 nitrogen and oxygen atoms in total. The molecule has 0 spiro atoms. The van der Waals surface area contributed by atoms with Crippen LogP contribution in [0.25, 0.3) is 10.8 Å². The zero-order valence-corrected chi connectivity index (χ0v) is 32.6. The van der Waals surface area contributed by atoms with Gasteiger partial charge < -0.3 is 49.8 Å². The van der Waals surface area contributed by atoms with Crippen molar-refractivity contribution < 1.29 is 88.4 Å².